The molecule has 17 heavy (non-hydrogen) atoms. The van der Waals surface area contributed by atoms with Gasteiger partial charge in [0.25, 0.3) is 0 Å². The van der Waals surface area contributed by atoms with Crippen LogP contribution in [0.15, 0.2) is 30.6 Å². The lowest BCUT2D eigenvalue weighted by Gasteiger charge is -2.11. The lowest BCUT2D eigenvalue weighted by Crippen LogP contribution is -1.98. The van der Waals surface area contributed by atoms with Crippen molar-refractivity contribution in [3.05, 3.63) is 47.5 Å². The molecule has 0 atom stereocenters. The topological polar surface area (TPSA) is 61.6 Å². The highest BCUT2D eigenvalue weighted by atomic mass is 14.9. The average molecular weight is 224 g/mol. The first kappa shape index (κ1) is 11.1. The molecule has 0 fully saturated rings. The molecule has 2 heterocycles. The maximum Gasteiger partial charge on any atom is 0.142 e. The monoisotopic (exact) mass is 224 g/mol. The summed E-state index contributed by atoms with van der Waals surface area (Å²) in [4.78, 5) is 8.16. The second kappa shape index (κ2) is 4.62. The zero-order valence-corrected chi connectivity index (χ0v) is 9.73. The van der Waals surface area contributed by atoms with Gasteiger partial charge < -0.3 is 5.32 Å². The van der Waals surface area contributed by atoms with Crippen molar-refractivity contribution < 1.29 is 0 Å². The van der Waals surface area contributed by atoms with Gasteiger partial charge in [-0.15, -0.1) is 0 Å². The van der Waals surface area contributed by atoms with Crippen LogP contribution in [0.4, 0.5) is 11.4 Å². The van der Waals surface area contributed by atoms with Crippen LogP contribution in [0.3, 0.4) is 0 Å². The van der Waals surface area contributed by atoms with E-state index in [9.17, 15) is 0 Å². The van der Waals surface area contributed by atoms with Crippen molar-refractivity contribution in [2.45, 2.75) is 13.8 Å². The van der Waals surface area contributed by atoms with Gasteiger partial charge in [0.2, 0.25) is 0 Å². The lowest BCUT2D eigenvalue weighted by atomic mass is 10.2. The number of nitriles is 1. The standard InChI is InChI=1S/C13H12N4/c1-9-3-5-15-10(2)13(9)17-11-4-6-16-12(7-11)8-14/h3-7H,1-2H3,(H,16,17). The van der Waals surface area contributed by atoms with Crippen LogP contribution in [0.2, 0.25) is 0 Å². The quantitative estimate of drug-likeness (QED) is 0.851. The van der Waals surface area contributed by atoms with Gasteiger partial charge in [0.05, 0.1) is 11.4 Å². The summed E-state index contributed by atoms with van der Waals surface area (Å²) < 4.78 is 0. The molecule has 0 aliphatic heterocycles. The Bertz CT molecular complexity index is 564. The third-order valence-corrected chi connectivity index (χ3v) is 2.49. The van der Waals surface area contributed by atoms with Crippen LogP contribution in [-0.4, -0.2) is 9.97 Å². The molecule has 2 aromatic rings. The molecule has 0 spiro atoms. The van der Waals surface area contributed by atoms with Crippen molar-refractivity contribution in [2.75, 3.05) is 5.32 Å². The molecule has 0 amide bonds. The summed E-state index contributed by atoms with van der Waals surface area (Å²) >= 11 is 0. The SMILES string of the molecule is Cc1ccnc(C)c1Nc1ccnc(C#N)c1. The lowest BCUT2D eigenvalue weighted by molar-refractivity contribution is 1.17. The average Bonchev–Trinajstić information content (AvgIpc) is 2.34. The fourth-order valence-electron chi connectivity index (χ4n) is 1.60. The first-order valence-electron chi connectivity index (χ1n) is 5.26. The number of nitrogens with zero attached hydrogens (tertiary/aromatic N) is 3. The Balaban J connectivity index is 2.35. The third kappa shape index (κ3) is 2.40. The molecule has 0 saturated carbocycles. The first-order chi connectivity index (χ1) is 8.20. The summed E-state index contributed by atoms with van der Waals surface area (Å²) in [6, 6.07) is 7.50. The van der Waals surface area contributed by atoms with E-state index in [0.717, 1.165) is 22.6 Å². The molecular formula is C13H12N4. The van der Waals surface area contributed by atoms with E-state index < -0.39 is 0 Å². The molecule has 0 aliphatic rings. The van der Waals surface area contributed by atoms with E-state index in [2.05, 4.69) is 15.3 Å². The second-order valence-corrected chi connectivity index (χ2v) is 3.75. The molecule has 0 aromatic carbocycles. The van der Waals surface area contributed by atoms with E-state index in [1.165, 1.54) is 0 Å². The van der Waals surface area contributed by atoms with Gasteiger partial charge in [-0.05, 0) is 37.6 Å². The minimum absolute atomic E-state index is 0.397. The minimum Gasteiger partial charge on any atom is -0.354 e. The van der Waals surface area contributed by atoms with E-state index >= 15 is 0 Å². The summed E-state index contributed by atoms with van der Waals surface area (Å²) in [6.45, 7) is 3.96. The molecule has 0 bridgehead atoms. The van der Waals surface area contributed by atoms with Crippen LogP contribution in [0, 0.1) is 25.2 Å². The molecule has 0 saturated heterocycles. The zero-order valence-electron chi connectivity index (χ0n) is 9.73. The van der Waals surface area contributed by atoms with Crippen molar-refractivity contribution >= 4 is 11.4 Å². The van der Waals surface area contributed by atoms with E-state index in [-0.39, 0.29) is 0 Å². The first-order valence-corrected chi connectivity index (χ1v) is 5.26. The Kier molecular flexibility index (Phi) is 3.01. The van der Waals surface area contributed by atoms with Gasteiger partial charge in [0, 0.05) is 18.1 Å². The second-order valence-electron chi connectivity index (χ2n) is 3.75. The van der Waals surface area contributed by atoms with Crippen LogP contribution in [0.5, 0.6) is 0 Å². The fourth-order valence-corrected chi connectivity index (χ4v) is 1.60. The van der Waals surface area contributed by atoms with E-state index in [1.54, 1.807) is 18.5 Å². The molecule has 0 radical (unpaired) electrons. The van der Waals surface area contributed by atoms with E-state index in [1.807, 2.05) is 32.0 Å². The van der Waals surface area contributed by atoms with Crippen molar-refractivity contribution in [3.63, 3.8) is 0 Å². The maximum absolute atomic E-state index is 8.78. The summed E-state index contributed by atoms with van der Waals surface area (Å²) in [5.74, 6) is 0. The van der Waals surface area contributed by atoms with Crippen LogP contribution in [-0.2, 0) is 0 Å². The number of anilines is 2. The summed E-state index contributed by atoms with van der Waals surface area (Å²) in [6.07, 6.45) is 3.39. The van der Waals surface area contributed by atoms with E-state index in [4.69, 9.17) is 5.26 Å². The van der Waals surface area contributed by atoms with Crippen molar-refractivity contribution in [1.29, 1.82) is 5.26 Å². The highest BCUT2D eigenvalue weighted by Crippen LogP contribution is 2.22. The molecule has 1 N–H and O–H groups in total. The van der Waals surface area contributed by atoms with Gasteiger partial charge >= 0.3 is 0 Å². The van der Waals surface area contributed by atoms with Crippen LogP contribution in [0.1, 0.15) is 17.0 Å². The molecule has 0 unspecified atom stereocenters. The van der Waals surface area contributed by atoms with Crippen LogP contribution in [0.25, 0.3) is 0 Å². The van der Waals surface area contributed by atoms with Crippen molar-refractivity contribution in [2.24, 2.45) is 0 Å². The Hall–Kier alpha value is -2.41. The van der Waals surface area contributed by atoms with Gasteiger partial charge in [-0.2, -0.15) is 5.26 Å². The van der Waals surface area contributed by atoms with Crippen molar-refractivity contribution in [1.82, 2.24) is 9.97 Å². The van der Waals surface area contributed by atoms with Gasteiger partial charge in [-0.25, -0.2) is 4.98 Å². The molecule has 2 aromatic heterocycles. The largest absolute Gasteiger partial charge is 0.354 e. The predicted molar refractivity (Wildman–Crippen MR) is 65.9 cm³/mol. The number of pyridine rings is 2. The summed E-state index contributed by atoms with van der Waals surface area (Å²) in [5.41, 5.74) is 4.26. The molecule has 84 valence electrons. The van der Waals surface area contributed by atoms with Gasteiger partial charge in [-0.3, -0.25) is 4.98 Å². The van der Waals surface area contributed by atoms with Crippen molar-refractivity contribution in [3.8, 4) is 6.07 Å². The molecule has 2 rings (SSSR count). The number of hydrogen-bond acceptors (Lipinski definition) is 4. The fraction of sp³-hybridized carbons (Fsp3) is 0.154. The number of aromatic nitrogens is 2. The predicted octanol–water partition coefficient (Wildman–Crippen LogP) is 2.71. The van der Waals surface area contributed by atoms with Crippen LogP contribution < -0.4 is 5.32 Å². The molecule has 4 nitrogen and oxygen atoms in total. The minimum atomic E-state index is 0.397. The number of rotatable bonds is 2. The van der Waals surface area contributed by atoms with Crippen LogP contribution >= 0.6 is 0 Å². The summed E-state index contributed by atoms with van der Waals surface area (Å²) in [7, 11) is 0. The number of aryl methyl sites for hydroxylation is 2. The van der Waals surface area contributed by atoms with Gasteiger partial charge in [-0.1, -0.05) is 0 Å². The Labute approximate surface area is 100.0 Å². The normalized spacial score (nSPS) is 9.71. The smallest absolute Gasteiger partial charge is 0.142 e. The highest BCUT2D eigenvalue weighted by molar-refractivity contribution is 5.65. The Morgan fingerprint density at radius 1 is 1.18 bits per heavy atom. The van der Waals surface area contributed by atoms with Gasteiger partial charge in [0.15, 0.2) is 0 Å². The van der Waals surface area contributed by atoms with E-state index in [0.29, 0.717) is 5.69 Å². The maximum atomic E-state index is 8.78. The number of nitrogens with one attached hydrogen (secondary N) is 1. The Morgan fingerprint density at radius 2 is 1.94 bits per heavy atom. The zero-order chi connectivity index (χ0) is 12.3. The number of hydrogen-bond donors (Lipinski definition) is 1. The molecule has 0 aliphatic carbocycles. The van der Waals surface area contributed by atoms with Gasteiger partial charge in [0.1, 0.15) is 11.8 Å². The third-order valence-electron chi connectivity index (χ3n) is 2.49. The highest BCUT2D eigenvalue weighted by Gasteiger charge is 2.04. The molecular weight excluding hydrogens is 212 g/mol. The molecule has 4 heteroatoms. The summed E-state index contributed by atoms with van der Waals surface area (Å²) in [5, 5.41) is 12.0. The Morgan fingerprint density at radius 3 is 2.65 bits per heavy atom.